The number of fused-ring (bicyclic) bond motifs is 1. The van der Waals surface area contributed by atoms with Gasteiger partial charge in [0, 0.05) is 30.9 Å². The first-order valence-corrected chi connectivity index (χ1v) is 11.1. The maximum atomic E-state index is 12.7. The van der Waals surface area contributed by atoms with Gasteiger partial charge in [0.15, 0.2) is 0 Å². The van der Waals surface area contributed by atoms with Gasteiger partial charge in [0.25, 0.3) is 5.88 Å². The van der Waals surface area contributed by atoms with Gasteiger partial charge in [-0.05, 0) is 61.4 Å². The molecule has 4 atom stereocenters. The van der Waals surface area contributed by atoms with Gasteiger partial charge in [-0.25, -0.2) is 0 Å². The normalized spacial score (nSPS) is 25.3. The number of nitrogens with zero attached hydrogens (tertiary/aromatic N) is 1. The zero-order chi connectivity index (χ0) is 21.1. The summed E-state index contributed by atoms with van der Waals surface area (Å²) >= 11 is 0. The van der Waals surface area contributed by atoms with E-state index in [2.05, 4.69) is 22.6 Å². The fraction of sp³-hybridized carbons (Fsp3) is 0.583. The van der Waals surface area contributed by atoms with Crippen LogP contribution in [0.25, 0.3) is 0 Å². The molecule has 0 radical (unpaired) electrons. The summed E-state index contributed by atoms with van der Waals surface area (Å²) in [7, 11) is 1.69. The Morgan fingerprint density at radius 1 is 1.20 bits per heavy atom. The molecule has 0 bridgehead atoms. The summed E-state index contributed by atoms with van der Waals surface area (Å²) in [6.45, 7) is 3.89. The molecule has 6 nitrogen and oxygen atoms in total. The van der Waals surface area contributed by atoms with Gasteiger partial charge in [0.1, 0.15) is 11.5 Å². The first-order valence-electron chi connectivity index (χ1n) is 11.1. The molecule has 2 aliphatic carbocycles. The molecule has 0 saturated heterocycles. The zero-order valence-corrected chi connectivity index (χ0v) is 18.1. The van der Waals surface area contributed by atoms with Crippen LogP contribution in [0.4, 0.5) is 0 Å². The number of carbonyl (C=O) groups excluding carboxylic acids is 1. The number of benzene rings is 1. The highest BCUT2D eigenvalue weighted by Gasteiger charge is 2.51. The zero-order valence-electron chi connectivity index (χ0n) is 18.1. The average Bonchev–Trinajstić information content (AvgIpc) is 3.18. The molecule has 1 aromatic heterocycles. The third-order valence-corrected chi connectivity index (χ3v) is 6.50. The van der Waals surface area contributed by atoms with E-state index in [1.165, 1.54) is 31.2 Å². The van der Waals surface area contributed by atoms with Crippen LogP contribution in [-0.2, 0) is 11.2 Å². The lowest BCUT2D eigenvalue weighted by molar-refractivity contribution is -0.124. The molecular weight excluding hydrogens is 380 g/mol. The molecule has 0 spiro atoms. The van der Waals surface area contributed by atoms with E-state index in [0.717, 1.165) is 5.75 Å². The fourth-order valence-electron chi connectivity index (χ4n) is 5.15. The third kappa shape index (κ3) is 4.47. The van der Waals surface area contributed by atoms with E-state index in [1.54, 1.807) is 13.2 Å². The van der Waals surface area contributed by atoms with Crippen molar-refractivity contribution in [1.82, 2.24) is 10.5 Å². The summed E-state index contributed by atoms with van der Waals surface area (Å²) in [5.41, 5.74) is 1.30. The Morgan fingerprint density at radius 2 is 1.93 bits per heavy atom. The molecule has 2 fully saturated rings. The highest BCUT2D eigenvalue weighted by atomic mass is 16.5. The Bertz CT molecular complexity index is 845. The monoisotopic (exact) mass is 412 g/mol. The van der Waals surface area contributed by atoms with Crippen LogP contribution in [0, 0.1) is 11.8 Å². The molecule has 162 valence electrons. The summed E-state index contributed by atoms with van der Waals surface area (Å²) in [6.07, 6.45) is 5.97. The predicted octanol–water partition coefficient (Wildman–Crippen LogP) is 4.49. The van der Waals surface area contributed by atoms with Crippen molar-refractivity contribution in [1.29, 1.82) is 0 Å². The van der Waals surface area contributed by atoms with Crippen molar-refractivity contribution in [2.75, 3.05) is 7.11 Å². The molecule has 1 aromatic carbocycles. The van der Waals surface area contributed by atoms with Gasteiger partial charge < -0.3 is 19.3 Å². The second kappa shape index (κ2) is 9.11. The van der Waals surface area contributed by atoms with Crippen LogP contribution in [0.2, 0.25) is 0 Å². The molecule has 30 heavy (non-hydrogen) atoms. The van der Waals surface area contributed by atoms with E-state index >= 15 is 0 Å². The van der Waals surface area contributed by atoms with Gasteiger partial charge >= 0.3 is 0 Å². The second-order valence-corrected chi connectivity index (χ2v) is 8.80. The van der Waals surface area contributed by atoms with Crippen molar-refractivity contribution in [3.8, 4) is 11.6 Å². The number of carbonyl (C=O) groups is 1. The molecular formula is C24H32N2O4. The van der Waals surface area contributed by atoms with E-state index in [1.807, 2.05) is 26.0 Å². The molecule has 6 heteroatoms. The first-order chi connectivity index (χ1) is 14.5. The van der Waals surface area contributed by atoms with Gasteiger partial charge in [-0.3, -0.25) is 4.79 Å². The number of methoxy groups -OCH3 is 1. The highest BCUT2D eigenvalue weighted by Crippen LogP contribution is 2.54. The van der Waals surface area contributed by atoms with Crippen molar-refractivity contribution >= 4 is 5.91 Å². The minimum absolute atomic E-state index is 0.0446. The van der Waals surface area contributed by atoms with E-state index in [9.17, 15) is 4.79 Å². The minimum Gasteiger partial charge on any atom is -0.497 e. The van der Waals surface area contributed by atoms with Gasteiger partial charge in [-0.2, -0.15) is 0 Å². The molecule has 1 amide bonds. The smallest absolute Gasteiger partial charge is 0.254 e. The van der Waals surface area contributed by atoms with Crippen molar-refractivity contribution in [3.05, 3.63) is 41.7 Å². The third-order valence-electron chi connectivity index (χ3n) is 6.50. The summed E-state index contributed by atoms with van der Waals surface area (Å²) in [4.78, 5) is 12.7. The molecule has 0 unspecified atom stereocenters. The fourth-order valence-corrected chi connectivity index (χ4v) is 5.15. The lowest BCUT2D eigenvalue weighted by Crippen LogP contribution is -2.59. The maximum Gasteiger partial charge on any atom is 0.254 e. The summed E-state index contributed by atoms with van der Waals surface area (Å²) in [6, 6.07) is 10.3. The Hall–Kier alpha value is -2.50. The van der Waals surface area contributed by atoms with Crippen LogP contribution < -0.4 is 14.8 Å². The lowest BCUT2D eigenvalue weighted by atomic mass is 9.53. The molecule has 0 aliphatic heterocycles. The number of aromatic nitrogens is 1. The van der Waals surface area contributed by atoms with Crippen LogP contribution in [0.3, 0.4) is 0 Å². The number of nitrogens with one attached hydrogen (secondary N) is 1. The number of amides is 1. The van der Waals surface area contributed by atoms with Gasteiger partial charge in [0.05, 0.1) is 13.2 Å². The lowest BCUT2D eigenvalue weighted by Gasteiger charge is -2.55. The Labute approximate surface area is 178 Å². The average molecular weight is 413 g/mol. The summed E-state index contributed by atoms with van der Waals surface area (Å²) in [5, 5.41) is 7.24. The van der Waals surface area contributed by atoms with Gasteiger partial charge in [0.2, 0.25) is 5.91 Å². The summed E-state index contributed by atoms with van der Waals surface area (Å²) in [5.74, 6) is 3.74. The number of hydrogen-bond acceptors (Lipinski definition) is 5. The molecule has 2 aromatic rings. The first kappa shape index (κ1) is 20.8. The Morgan fingerprint density at radius 3 is 2.63 bits per heavy atom. The number of ether oxygens (including phenoxy) is 2. The highest BCUT2D eigenvalue weighted by molar-refractivity contribution is 5.76. The van der Waals surface area contributed by atoms with Crippen molar-refractivity contribution in [2.24, 2.45) is 11.8 Å². The van der Waals surface area contributed by atoms with E-state index < -0.39 is 0 Å². The van der Waals surface area contributed by atoms with Crippen LogP contribution in [0.15, 0.2) is 34.9 Å². The second-order valence-electron chi connectivity index (χ2n) is 8.80. The Balaban J connectivity index is 1.37. The van der Waals surface area contributed by atoms with Gasteiger partial charge in [-0.1, -0.05) is 25.0 Å². The van der Waals surface area contributed by atoms with E-state index in [4.69, 9.17) is 14.0 Å². The van der Waals surface area contributed by atoms with Crippen LogP contribution in [0.5, 0.6) is 11.6 Å². The number of hydrogen-bond donors (Lipinski definition) is 1. The molecule has 4 rings (SSSR count). The number of rotatable bonds is 8. The topological polar surface area (TPSA) is 73.6 Å². The quantitative estimate of drug-likeness (QED) is 0.691. The molecule has 2 saturated carbocycles. The van der Waals surface area contributed by atoms with Crippen molar-refractivity contribution < 1.29 is 18.8 Å². The van der Waals surface area contributed by atoms with Crippen LogP contribution in [0.1, 0.15) is 63.2 Å². The van der Waals surface area contributed by atoms with Crippen molar-refractivity contribution in [2.45, 2.75) is 70.4 Å². The molecule has 2 aliphatic rings. The number of aryl methyl sites for hydroxylation is 1. The largest absolute Gasteiger partial charge is 0.497 e. The van der Waals surface area contributed by atoms with Crippen LogP contribution in [-0.4, -0.2) is 30.3 Å². The van der Waals surface area contributed by atoms with Gasteiger partial charge in [-0.15, -0.1) is 0 Å². The Kier molecular flexibility index (Phi) is 6.30. The minimum atomic E-state index is 0.0446. The SMILES string of the molecule is COc1ccc([C@H]2[C@@H]3CCCC[C@H]3[C@@H]2NC(=O)CCc2cc(OC(C)C)no2)cc1. The molecule has 1 heterocycles. The summed E-state index contributed by atoms with van der Waals surface area (Å²) < 4.78 is 16.1. The van der Waals surface area contributed by atoms with Crippen molar-refractivity contribution in [3.63, 3.8) is 0 Å². The molecule has 1 N–H and O–H groups in total. The predicted molar refractivity (Wildman–Crippen MR) is 114 cm³/mol. The van der Waals surface area contributed by atoms with E-state index in [0.29, 0.717) is 42.2 Å². The maximum absolute atomic E-state index is 12.7. The van der Waals surface area contributed by atoms with Crippen LogP contribution >= 0.6 is 0 Å². The standard InChI is InChI=1S/C24H32N2O4/c1-15(2)29-22-14-18(30-26-22)12-13-21(27)25-24-20-7-5-4-6-19(20)23(24)16-8-10-17(28-3)11-9-16/h8-11,14-15,19-20,23-24H,4-7,12-13H2,1-3H3,(H,25,27)/t19-,20-,23+,24+/m1/s1. The van der Waals surface area contributed by atoms with E-state index in [-0.39, 0.29) is 18.1 Å².